The van der Waals surface area contributed by atoms with Gasteiger partial charge in [-0.25, -0.2) is 0 Å². The van der Waals surface area contributed by atoms with Crippen LogP contribution in [0.5, 0.6) is 0 Å². The molecule has 5 atom stereocenters. The van der Waals surface area contributed by atoms with Gasteiger partial charge in [0.25, 0.3) is 0 Å². The molecular weight excluding hydrogens is 276 g/mol. The number of hydrogen-bond donors (Lipinski definition) is 0. The van der Waals surface area contributed by atoms with Crippen LogP contribution in [0.2, 0.25) is 0 Å². The van der Waals surface area contributed by atoms with E-state index < -0.39 is 0 Å². The smallest absolute Gasteiger partial charge is 0.306 e. The van der Waals surface area contributed by atoms with Gasteiger partial charge in [0, 0.05) is 18.8 Å². The highest BCUT2D eigenvalue weighted by Gasteiger charge is 2.56. The zero-order chi connectivity index (χ0) is 15.5. The van der Waals surface area contributed by atoms with E-state index in [1.807, 2.05) is 6.08 Å². The summed E-state index contributed by atoms with van der Waals surface area (Å²) in [6, 6.07) is 0. The van der Waals surface area contributed by atoms with E-state index >= 15 is 0 Å². The summed E-state index contributed by atoms with van der Waals surface area (Å²) in [5.74, 6) is 1.71. The standard InChI is InChI=1S/C19H24O3/c1-18-9-7-13(20)11-12(18)3-4-14-15(18)8-10-19(2)16(14)5-6-17(21)22-19/h3-4,11,14-16H,5-10H2,1-2H3. The topological polar surface area (TPSA) is 43.4 Å². The molecule has 1 aliphatic heterocycles. The molecule has 0 aromatic rings. The Kier molecular flexibility index (Phi) is 2.95. The number of hydrogen-bond acceptors (Lipinski definition) is 3. The molecule has 0 radical (unpaired) electrons. The number of esters is 1. The Morgan fingerprint density at radius 3 is 2.73 bits per heavy atom. The monoisotopic (exact) mass is 300 g/mol. The minimum Gasteiger partial charge on any atom is -0.459 e. The summed E-state index contributed by atoms with van der Waals surface area (Å²) in [5, 5.41) is 0. The number of carbonyl (C=O) groups excluding carboxylic acids is 2. The maximum absolute atomic E-state index is 11.8. The van der Waals surface area contributed by atoms with Crippen molar-refractivity contribution >= 4 is 11.8 Å². The lowest BCUT2D eigenvalue weighted by atomic mass is 9.50. The van der Waals surface area contributed by atoms with Crippen molar-refractivity contribution in [3.05, 3.63) is 23.8 Å². The quantitative estimate of drug-likeness (QED) is 0.642. The molecule has 2 fully saturated rings. The van der Waals surface area contributed by atoms with Crippen molar-refractivity contribution in [1.82, 2.24) is 0 Å². The maximum Gasteiger partial charge on any atom is 0.306 e. The summed E-state index contributed by atoms with van der Waals surface area (Å²) in [5.41, 5.74) is 1.06. The number of rotatable bonds is 0. The van der Waals surface area contributed by atoms with Gasteiger partial charge in [-0.3, -0.25) is 9.59 Å². The average Bonchev–Trinajstić information content (AvgIpc) is 2.46. The van der Waals surface area contributed by atoms with Crippen LogP contribution in [0, 0.1) is 23.2 Å². The molecule has 4 aliphatic rings. The Bertz CT molecular complexity index is 602. The SMILES string of the molecule is CC12CCC3C(C=CC4=CC(=O)CCC43C)C1CCC(=O)O2. The van der Waals surface area contributed by atoms with Gasteiger partial charge in [-0.1, -0.05) is 19.1 Å². The molecule has 0 N–H and O–H groups in total. The summed E-state index contributed by atoms with van der Waals surface area (Å²) in [4.78, 5) is 23.5. The van der Waals surface area contributed by atoms with Gasteiger partial charge < -0.3 is 4.74 Å². The van der Waals surface area contributed by atoms with E-state index in [1.54, 1.807) is 0 Å². The van der Waals surface area contributed by atoms with Crippen LogP contribution in [0.4, 0.5) is 0 Å². The van der Waals surface area contributed by atoms with Gasteiger partial charge in [0.2, 0.25) is 0 Å². The van der Waals surface area contributed by atoms with Crippen LogP contribution in [-0.2, 0) is 14.3 Å². The highest BCUT2D eigenvalue weighted by atomic mass is 16.6. The van der Waals surface area contributed by atoms with Crippen LogP contribution >= 0.6 is 0 Å². The predicted molar refractivity (Wildman–Crippen MR) is 83.0 cm³/mol. The van der Waals surface area contributed by atoms with E-state index in [2.05, 4.69) is 26.0 Å². The van der Waals surface area contributed by atoms with Crippen molar-refractivity contribution in [1.29, 1.82) is 0 Å². The summed E-state index contributed by atoms with van der Waals surface area (Å²) in [7, 11) is 0. The lowest BCUT2D eigenvalue weighted by molar-refractivity contribution is -0.188. The molecule has 1 saturated carbocycles. The van der Waals surface area contributed by atoms with Crippen molar-refractivity contribution in [2.75, 3.05) is 0 Å². The molecule has 1 heterocycles. The molecule has 5 unspecified atom stereocenters. The molecule has 0 aromatic carbocycles. The lowest BCUT2D eigenvalue weighted by Crippen LogP contribution is -2.55. The van der Waals surface area contributed by atoms with E-state index in [0.29, 0.717) is 30.6 Å². The zero-order valence-electron chi connectivity index (χ0n) is 13.4. The van der Waals surface area contributed by atoms with Crippen LogP contribution in [0.25, 0.3) is 0 Å². The maximum atomic E-state index is 11.8. The fourth-order valence-electron chi connectivity index (χ4n) is 5.52. The van der Waals surface area contributed by atoms with E-state index in [4.69, 9.17) is 4.74 Å². The van der Waals surface area contributed by atoms with Gasteiger partial charge >= 0.3 is 5.97 Å². The summed E-state index contributed by atoms with van der Waals surface area (Å²) in [6.07, 6.45) is 11.5. The fraction of sp³-hybridized carbons (Fsp3) is 0.684. The summed E-state index contributed by atoms with van der Waals surface area (Å²) >= 11 is 0. The van der Waals surface area contributed by atoms with Crippen LogP contribution < -0.4 is 0 Å². The van der Waals surface area contributed by atoms with E-state index in [-0.39, 0.29) is 22.8 Å². The highest BCUT2D eigenvalue weighted by Crippen LogP contribution is 2.59. The molecule has 1 saturated heterocycles. The Morgan fingerprint density at radius 1 is 1.09 bits per heavy atom. The largest absolute Gasteiger partial charge is 0.459 e. The molecule has 3 heteroatoms. The van der Waals surface area contributed by atoms with Gasteiger partial charge in [-0.2, -0.15) is 0 Å². The average molecular weight is 300 g/mol. The number of carbonyl (C=O) groups is 2. The number of ketones is 1. The Morgan fingerprint density at radius 2 is 1.91 bits per heavy atom. The first-order valence-electron chi connectivity index (χ1n) is 8.57. The van der Waals surface area contributed by atoms with Gasteiger partial charge in [-0.15, -0.1) is 0 Å². The highest BCUT2D eigenvalue weighted by molar-refractivity contribution is 5.92. The lowest BCUT2D eigenvalue weighted by Gasteiger charge is -2.57. The molecule has 0 aromatic heterocycles. The van der Waals surface area contributed by atoms with Crippen molar-refractivity contribution in [2.24, 2.45) is 23.2 Å². The minimum atomic E-state index is -0.289. The second-order valence-corrected chi connectivity index (χ2v) is 8.00. The first-order valence-corrected chi connectivity index (χ1v) is 8.57. The Labute approximate surface area is 131 Å². The van der Waals surface area contributed by atoms with Crippen LogP contribution in [0.1, 0.15) is 52.4 Å². The molecule has 22 heavy (non-hydrogen) atoms. The first kappa shape index (κ1) is 14.2. The third-order valence-electron chi connectivity index (χ3n) is 6.85. The second-order valence-electron chi connectivity index (χ2n) is 8.00. The molecule has 0 spiro atoms. The van der Waals surface area contributed by atoms with Crippen LogP contribution in [-0.4, -0.2) is 17.4 Å². The fourth-order valence-corrected chi connectivity index (χ4v) is 5.52. The number of fused-ring (bicyclic) bond motifs is 5. The number of ether oxygens (including phenoxy) is 1. The minimum absolute atomic E-state index is 0.0351. The molecule has 4 rings (SSSR count). The third kappa shape index (κ3) is 1.87. The second kappa shape index (κ2) is 4.56. The summed E-state index contributed by atoms with van der Waals surface area (Å²) in [6.45, 7) is 4.46. The van der Waals surface area contributed by atoms with Crippen LogP contribution in [0.15, 0.2) is 23.8 Å². The predicted octanol–water partition coefficient (Wildman–Crippen LogP) is 3.59. The zero-order valence-corrected chi connectivity index (χ0v) is 13.4. The van der Waals surface area contributed by atoms with Crippen molar-refractivity contribution < 1.29 is 14.3 Å². The number of allylic oxidation sites excluding steroid dienone is 4. The van der Waals surface area contributed by atoms with Crippen molar-refractivity contribution in [3.63, 3.8) is 0 Å². The van der Waals surface area contributed by atoms with Gasteiger partial charge in [0.15, 0.2) is 5.78 Å². The van der Waals surface area contributed by atoms with Crippen molar-refractivity contribution in [2.45, 2.75) is 58.0 Å². The Hall–Kier alpha value is -1.38. The van der Waals surface area contributed by atoms with E-state index in [1.165, 1.54) is 5.57 Å². The Balaban J connectivity index is 1.73. The van der Waals surface area contributed by atoms with Gasteiger partial charge in [-0.05, 0) is 61.5 Å². The molecule has 3 aliphatic carbocycles. The molecular formula is C19H24O3. The van der Waals surface area contributed by atoms with Crippen LogP contribution in [0.3, 0.4) is 0 Å². The van der Waals surface area contributed by atoms with Gasteiger partial charge in [0.1, 0.15) is 5.60 Å². The third-order valence-corrected chi connectivity index (χ3v) is 6.85. The summed E-state index contributed by atoms with van der Waals surface area (Å²) < 4.78 is 5.77. The molecule has 0 bridgehead atoms. The van der Waals surface area contributed by atoms with E-state index in [0.717, 1.165) is 25.7 Å². The normalized spacial score (nSPS) is 47.0. The van der Waals surface area contributed by atoms with Gasteiger partial charge in [0.05, 0.1) is 0 Å². The van der Waals surface area contributed by atoms with Crippen molar-refractivity contribution in [3.8, 4) is 0 Å². The van der Waals surface area contributed by atoms with E-state index in [9.17, 15) is 9.59 Å². The molecule has 118 valence electrons. The first-order chi connectivity index (χ1) is 10.4. The molecule has 3 nitrogen and oxygen atoms in total. The molecule has 0 amide bonds.